The van der Waals surface area contributed by atoms with Crippen molar-refractivity contribution >= 4 is 17.2 Å². The number of hydrogen-bond acceptors (Lipinski definition) is 5. The number of aryl methyl sites for hydroxylation is 2. The van der Waals surface area contributed by atoms with E-state index in [2.05, 4.69) is 15.3 Å². The molecular formula is C20H23FN4O2S. The monoisotopic (exact) mass is 402 g/mol. The van der Waals surface area contributed by atoms with Crippen LogP contribution >= 0.6 is 11.3 Å². The third kappa shape index (κ3) is 4.30. The van der Waals surface area contributed by atoms with Gasteiger partial charge in [-0.05, 0) is 50.6 Å². The van der Waals surface area contributed by atoms with E-state index in [-0.39, 0.29) is 24.4 Å². The second kappa shape index (κ2) is 8.64. The molecule has 0 spiro atoms. The van der Waals surface area contributed by atoms with Crippen LogP contribution in [0.4, 0.5) is 4.39 Å². The molecule has 0 aliphatic carbocycles. The van der Waals surface area contributed by atoms with Crippen LogP contribution in [0, 0.1) is 19.7 Å². The van der Waals surface area contributed by atoms with Gasteiger partial charge in [-0.2, -0.15) is 0 Å². The van der Waals surface area contributed by atoms with Crippen molar-refractivity contribution in [3.05, 3.63) is 63.0 Å². The van der Waals surface area contributed by atoms with Gasteiger partial charge in [0.15, 0.2) is 0 Å². The molecule has 0 fully saturated rings. The van der Waals surface area contributed by atoms with Gasteiger partial charge in [-0.15, -0.1) is 11.3 Å². The van der Waals surface area contributed by atoms with Crippen molar-refractivity contribution in [3.63, 3.8) is 0 Å². The Morgan fingerprint density at radius 3 is 2.79 bits per heavy atom. The highest BCUT2D eigenvalue weighted by molar-refractivity contribution is 7.11. The quantitative estimate of drug-likeness (QED) is 0.487. The molecule has 0 bridgehead atoms. The largest absolute Gasteiger partial charge is 0.391 e. The third-order valence-electron chi connectivity index (χ3n) is 4.53. The fraction of sp³-hybridized carbons (Fsp3) is 0.300. The van der Waals surface area contributed by atoms with E-state index in [4.69, 9.17) is 5.73 Å². The number of aliphatic hydroxyl groups is 1. The SMILES string of the molecule is Cc1ccc(-c2ccc(C(=O)NC(CCN)c3nc(C)c(CO)s3)[nH]2)cc1F. The van der Waals surface area contributed by atoms with Gasteiger partial charge < -0.3 is 21.1 Å². The summed E-state index contributed by atoms with van der Waals surface area (Å²) in [6, 6.07) is 8.01. The zero-order valence-corrected chi connectivity index (χ0v) is 16.6. The van der Waals surface area contributed by atoms with Crippen molar-refractivity contribution in [3.8, 4) is 11.3 Å². The lowest BCUT2D eigenvalue weighted by molar-refractivity contribution is 0.0930. The lowest BCUT2D eigenvalue weighted by Crippen LogP contribution is -2.30. The number of nitrogens with two attached hydrogens (primary N) is 1. The van der Waals surface area contributed by atoms with Gasteiger partial charge in [-0.1, -0.05) is 12.1 Å². The zero-order valence-electron chi connectivity index (χ0n) is 15.8. The molecular weight excluding hydrogens is 379 g/mol. The van der Waals surface area contributed by atoms with E-state index in [1.54, 1.807) is 31.2 Å². The molecule has 148 valence electrons. The van der Waals surface area contributed by atoms with Gasteiger partial charge >= 0.3 is 0 Å². The average molecular weight is 402 g/mol. The minimum atomic E-state index is -0.343. The first-order valence-electron chi connectivity index (χ1n) is 8.96. The molecule has 1 amide bonds. The normalized spacial score (nSPS) is 12.2. The first kappa shape index (κ1) is 20.2. The van der Waals surface area contributed by atoms with Crippen LogP contribution in [-0.2, 0) is 6.61 Å². The summed E-state index contributed by atoms with van der Waals surface area (Å²) in [4.78, 5) is 21.0. The predicted octanol–water partition coefficient (Wildman–Crippen LogP) is 3.21. The summed E-state index contributed by atoms with van der Waals surface area (Å²) in [6.45, 7) is 3.83. The number of aromatic nitrogens is 2. The summed E-state index contributed by atoms with van der Waals surface area (Å²) < 4.78 is 13.8. The van der Waals surface area contributed by atoms with Crippen molar-refractivity contribution in [2.75, 3.05) is 6.54 Å². The molecule has 0 aliphatic heterocycles. The molecule has 1 atom stereocenters. The van der Waals surface area contributed by atoms with E-state index in [0.717, 1.165) is 10.6 Å². The standard InChI is InChI=1S/C20H23FN4O2S/c1-11-3-4-13(9-14(11)21)15-5-6-16(24-15)19(27)25-17(7-8-22)20-23-12(2)18(10-26)28-20/h3-6,9,17,24,26H,7-8,10,22H2,1-2H3,(H,25,27). The molecule has 0 radical (unpaired) electrons. The molecule has 0 saturated carbocycles. The van der Waals surface area contributed by atoms with Gasteiger partial charge in [0.05, 0.1) is 23.2 Å². The summed E-state index contributed by atoms with van der Waals surface area (Å²) in [5.41, 5.74) is 8.72. The number of rotatable bonds is 7. The van der Waals surface area contributed by atoms with Gasteiger partial charge in [0.25, 0.3) is 5.91 Å². The molecule has 3 aromatic rings. The van der Waals surface area contributed by atoms with Crippen molar-refractivity contribution in [2.24, 2.45) is 5.73 Å². The maximum atomic E-state index is 13.8. The summed E-state index contributed by atoms with van der Waals surface area (Å²) >= 11 is 1.37. The minimum Gasteiger partial charge on any atom is -0.391 e. The number of aromatic amines is 1. The number of nitrogens with zero attached hydrogens (tertiary/aromatic N) is 1. The second-order valence-corrected chi connectivity index (χ2v) is 7.69. The van der Waals surface area contributed by atoms with Gasteiger partial charge in [0.1, 0.15) is 16.5 Å². The first-order valence-corrected chi connectivity index (χ1v) is 9.78. The topological polar surface area (TPSA) is 104 Å². The smallest absolute Gasteiger partial charge is 0.268 e. The number of carbonyl (C=O) groups is 1. The van der Waals surface area contributed by atoms with Gasteiger partial charge in [-0.3, -0.25) is 4.79 Å². The molecule has 2 aromatic heterocycles. The highest BCUT2D eigenvalue weighted by atomic mass is 32.1. The third-order valence-corrected chi connectivity index (χ3v) is 5.78. The van der Waals surface area contributed by atoms with Crippen LogP contribution in [0.5, 0.6) is 0 Å². The average Bonchev–Trinajstić information content (AvgIpc) is 3.30. The van der Waals surface area contributed by atoms with Crippen LogP contribution < -0.4 is 11.1 Å². The van der Waals surface area contributed by atoms with E-state index >= 15 is 0 Å². The molecule has 1 unspecified atom stereocenters. The van der Waals surface area contributed by atoms with Crippen molar-refractivity contribution in [1.29, 1.82) is 0 Å². The van der Waals surface area contributed by atoms with Crippen LogP contribution in [0.15, 0.2) is 30.3 Å². The molecule has 28 heavy (non-hydrogen) atoms. The fourth-order valence-electron chi connectivity index (χ4n) is 2.86. The van der Waals surface area contributed by atoms with Gasteiger partial charge in [-0.25, -0.2) is 9.37 Å². The second-order valence-electron chi connectivity index (χ2n) is 6.57. The Morgan fingerprint density at radius 1 is 1.36 bits per heavy atom. The maximum Gasteiger partial charge on any atom is 0.268 e. The van der Waals surface area contributed by atoms with Gasteiger partial charge in [0.2, 0.25) is 0 Å². The predicted molar refractivity (Wildman–Crippen MR) is 108 cm³/mol. The highest BCUT2D eigenvalue weighted by Gasteiger charge is 2.21. The summed E-state index contributed by atoms with van der Waals surface area (Å²) in [5.74, 6) is -0.587. The van der Waals surface area contributed by atoms with E-state index in [1.807, 2.05) is 6.92 Å². The molecule has 2 heterocycles. The lowest BCUT2D eigenvalue weighted by atomic mass is 10.1. The molecule has 8 heteroatoms. The first-order chi connectivity index (χ1) is 13.4. The lowest BCUT2D eigenvalue weighted by Gasteiger charge is -2.15. The van der Waals surface area contributed by atoms with Crippen molar-refractivity contribution in [1.82, 2.24) is 15.3 Å². The number of hydrogen-bond donors (Lipinski definition) is 4. The van der Waals surface area contributed by atoms with Crippen molar-refractivity contribution in [2.45, 2.75) is 32.9 Å². The van der Waals surface area contributed by atoms with Crippen LogP contribution in [-0.4, -0.2) is 27.5 Å². The highest BCUT2D eigenvalue weighted by Crippen LogP contribution is 2.26. The number of amides is 1. The molecule has 5 N–H and O–H groups in total. The molecule has 6 nitrogen and oxygen atoms in total. The van der Waals surface area contributed by atoms with Crippen LogP contribution in [0.25, 0.3) is 11.3 Å². The van der Waals surface area contributed by atoms with Crippen LogP contribution in [0.1, 0.15) is 44.1 Å². The van der Waals surface area contributed by atoms with E-state index in [9.17, 15) is 14.3 Å². The summed E-state index contributed by atoms with van der Waals surface area (Å²) in [6.07, 6.45) is 0.528. The number of nitrogens with one attached hydrogen (secondary N) is 2. The Morgan fingerprint density at radius 2 is 2.14 bits per heavy atom. The Kier molecular flexibility index (Phi) is 6.23. The maximum absolute atomic E-state index is 13.8. The number of H-pyrrole nitrogens is 1. The van der Waals surface area contributed by atoms with Crippen molar-refractivity contribution < 1.29 is 14.3 Å². The van der Waals surface area contributed by atoms with Gasteiger partial charge in [0, 0.05) is 11.3 Å². The molecule has 0 aliphatic rings. The van der Waals surface area contributed by atoms with Crippen LogP contribution in [0.2, 0.25) is 0 Å². The van der Waals surface area contributed by atoms with E-state index in [1.165, 1.54) is 17.4 Å². The molecule has 3 rings (SSSR count). The minimum absolute atomic E-state index is 0.0834. The fourth-order valence-corrected chi connectivity index (χ4v) is 3.87. The molecule has 1 aromatic carbocycles. The Labute approximate surface area is 166 Å². The van der Waals surface area contributed by atoms with Crippen LogP contribution in [0.3, 0.4) is 0 Å². The Balaban J connectivity index is 1.78. The summed E-state index contributed by atoms with van der Waals surface area (Å²) in [5, 5.41) is 13.0. The summed E-state index contributed by atoms with van der Waals surface area (Å²) in [7, 11) is 0. The number of aliphatic hydroxyl groups excluding tert-OH is 1. The number of thiazole rings is 1. The Hall–Kier alpha value is -2.55. The number of carbonyl (C=O) groups excluding carboxylic acids is 1. The number of halogens is 1. The Bertz CT molecular complexity index is 982. The molecule has 0 saturated heterocycles. The number of benzene rings is 1. The zero-order chi connectivity index (χ0) is 20.3. The van der Waals surface area contributed by atoms with E-state index in [0.29, 0.717) is 40.5 Å². The van der Waals surface area contributed by atoms with E-state index < -0.39 is 0 Å².